The third-order valence-electron chi connectivity index (χ3n) is 13.2. The van der Waals surface area contributed by atoms with Crippen molar-refractivity contribution >= 4 is 11.8 Å². The number of H-pyrrole nitrogens is 2. The first-order chi connectivity index (χ1) is 30.9. The molecule has 4 heterocycles. The van der Waals surface area contributed by atoms with E-state index in [0.717, 1.165) is 82.3 Å². The summed E-state index contributed by atoms with van der Waals surface area (Å²) in [6.45, 7) is 13.2. The molecule has 0 atom stereocenters. The maximum Gasteiger partial charge on any atom is 0.254 e. The van der Waals surface area contributed by atoms with Crippen molar-refractivity contribution in [1.29, 1.82) is 10.5 Å². The molecule has 0 unspecified atom stereocenters. The Morgan fingerprint density at radius 1 is 0.692 bits per heavy atom. The van der Waals surface area contributed by atoms with Crippen molar-refractivity contribution < 1.29 is 14.3 Å². The zero-order valence-electron chi connectivity index (χ0n) is 37.6. The van der Waals surface area contributed by atoms with Gasteiger partial charge in [-0.2, -0.15) is 15.6 Å². The van der Waals surface area contributed by atoms with E-state index in [-0.39, 0.29) is 19.2 Å². The number of nitrogens with one attached hydrogen (secondary N) is 2. The quantitative estimate of drug-likeness (QED) is 0.145. The molecule has 2 aliphatic heterocycles. The largest absolute Gasteiger partial charge is 0.378 e. The molecule has 65 heavy (non-hydrogen) atoms. The van der Waals surface area contributed by atoms with Crippen molar-refractivity contribution in [1.82, 2.24) is 34.9 Å². The number of likely N-dealkylation sites (tertiary alicyclic amines) is 2. The second kappa shape index (κ2) is 19.9. The van der Waals surface area contributed by atoms with Gasteiger partial charge < -0.3 is 19.5 Å². The van der Waals surface area contributed by atoms with Gasteiger partial charge in [-0.15, -0.1) is 0 Å². The van der Waals surface area contributed by atoms with Crippen LogP contribution in [0.5, 0.6) is 0 Å². The summed E-state index contributed by atoms with van der Waals surface area (Å²) in [5, 5.41) is 25.3. The Hall–Kier alpha value is -6.89. The highest BCUT2D eigenvalue weighted by molar-refractivity contribution is 5.98. The van der Waals surface area contributed by atoms with Crippen LogP contribution in [0.2, 0.25) is 0 Å². The number of nitrogens with zero attached hydrogens (tertiary/aromatic N) is 7. The fraction of sp³-hybridized carbons (Fsp3) is 0.377. The molecule has 3 fully saturated rings. The summed E-state index contributed by atoms with van der Waals surface area (Å²) in [5.41, 5.74) is 13.3. The van der Waals surface area contributed by atoms with Crippen LogP contribution in [0.25, 0.3) is 22.6 Å². The summed E-state index contributed by atoms with van der Waals surface area (Å²) in [5.74, 6) is 3.70. The Balaban J connectivity index is 0.000000191. The average molecular weight is 870 g/mol. The number of nitriles is 2. The van der Waals surface area contributed by atoms with Gasteiger partial charge in [0.05, 0.1) is 41.3 Å². The second-order valence-corrected chi connectivity index (χ2v) is 17.6. The number of piperidine rings is 1. The maximum absolute atomic E-state index is 13.5. The number of hydrogen-bond donors (Lipinski definition) is 2. The van der Waals surface area contributed by atoms with Crippen molar-refractivity contribution in [3.8, 4) is 34.8 Å². The Kier molecular flexibility index (Phi) is 14.1. The zero-order chi connectivity index (χ0) is 45.1. The van der Waals surface area contributed by atoms with E-state index in [1.807, 2.05) is 92.9 Å². The number of benzene rings is 4. The van der Waals surface area contributed by atoms with Crippen LogP contribution in [-0.4, -0.2) is 80.1 Å². The summed E-state index contributed by atoms with van der Waals surface area (Å²) in [4.78, 5) is 43.2. The monoisotopic (exact) mass is 869 g/mol. The number of methoxy groups -OCH3 is 1. The number of carbonyl (C=O) groups excluding carboxylic acids is 2. The van der Waals surface area contributed by atoms with Crippen molar-refractivity contribution in [3.63, 3.8) is 0 Å². The normalized spacial score (nSPS) is 15.1. The van der Waals surface area contributed by atoms with E-state index in [4.69, 9.17) is 15.3 Å². The van der Waals surface area contributed by atoms with Crippen LogP contribution >= 0.6 is 0 Å². The first-order valence-corrected chi connectivity index (χ1v) is 22.2. The van der Waals surface area contributed by atoms with Crippen molar-refractivity contribution in [3.05, 3.63) is 146 Å². The number of aryl methyl sites for hydroxylation is 5. The fourth-order valence-electron chi connectivity index (χ4n) is 9.30. The van der Waals surface area contributed by atoms with Crippen LogP contribution in [0.15, 0.2) is 72.8 Å². The molecule has 0 radical (unpaired) electrons. The van der Waals surface area contributed by atoms with E-state index in [1.54, 1.807) is 7.11 Å². The molecule has 9 rings (SSSR count). The SMILES string of the molecule is C.COCc1[nH]c(C)nc1-c1cc(C(=O)N2CC(c3ccc(C#N)cc3)C2)c(C)cc1C.Cc1nc(-c2cc(C(=O)N3CCC(c4ccc(C#N)cc4)CC3)c(C)cc2C2CCC2)n[nH]1. The minimum atomic E-state index is 0. The van der Waals surface area contributed by atoms with Crippen LogP contribution in [0, 0.1) is 57.3 Å². The highest BCUT2D eigenvalue weighted by Gasteiger charge is 2.34. The van der Waals surface area contributed by atoms with Crippen molar-refractivity contribution in [2.45, 2.75) is 98.5 Å². The Morgan fingerprint density at radius 3 is 1.80 bits per heavy atom. The van der Waals surface area contributed by atoms with E-state index in [2.05, 4.69) is 61.6 Å². The standard InChI is InChI=1S/C27H29N5O.C25H26N4O2.CH4/c1-17-14-24(22-4-3-5-22)25(26-29-18(2)30-31-26)15-23(17)27(33)32-12-10-21(11-13-32)20-8-6-19(16-28)7-9-20;1-15-9-16(2)22(10-21(15)24-23(14-31-4)27-17(3)28-24)25(30)29-12-20(13-29)19-7-5-18(11-26)6-8-19;/h6-9,14-15,21-22H,3-5,10-13H2,1-2H3,(H,29,30,31);5-10,20H,12-14H2,1-4H3,(H,27,28);1H4. The number of ether oxygens (including phenoxy) is 1. The van der Waals surface area contributed by atoms with Gasteiger partial charge in [0.1, 0.15) is 11.6 Å². The maximum atomic E-state index is 13.5. The predicted molar refractivity (Wildman–Crippen MR) is 252 cm³/mol. The molecule has 3 aliphatic rings. The number of carbonyl (C=O) groups is 2. The molecule has 0 bridgehead atoms. The van der Waals surface area contributed by atoms with Gasteiger partial charge in [0, 0.05) is 61.5 Å². The van der Waals surface area contributed by atoms with Crippen molar-refractivity contribution in [2.24, 2.45) is 0 Å². The molecule has 1 aliphatic carbocycles. The lowest BCUT2D eigenvalue weighted by Crippen LogP contribution is -2.48. The molecule has 12 nitrogen and oxygen atoms in total. The molecule has 1 saturated carbocycles. The summed E-state index contributed by atoms with van der Waals surface area (Å²) in [6, 6.07) is 28.1. The number of rotatable bonds is 9. The third-order valence-corrected chi connectivity index (χ3v) is 13.2. The number of imidazole rings is 1. The lowest BCUT2D eigenvalue weighted by atomic mass is 9.77. The topological polar surface area (TPSA) is 168 Å². The number of hydrogen-bond acceptors (Lipinski definition) is 8. The lowest BCUT2D eigenvalue weighted by Gasteiger charge is -2.40. The van der Waals surface area contributed by atoms with E-state index < -0.39 is 0 Å². The number of aromatic amines is 2. The van der Waals surface area contributed by atoms with Gasteiger partial charge in [0.15, 0.2) is 5.82 Å². The molecule has 2 N–H and O–H groups in total. The van der Waals surface area contributed by atoms with E-state index in [0.29, 0.717) is 60.0 Å². The Labute approximate surface area is 382 Å². The molecular weight excluding hydrogens is 811 g/mol. The van der Waals surface area contributed by atoms with Gasteiger partial charge in [0.2, 0.25) is 0 Å². The third kappa shape index (κ3) is 9.79. The summed E-state index contributed by atoms with van der Waals surface area (Å²) in [7, 11) is 1.66. The molecule has 4 aromatic carbocycles. The predicted octanol–water partition coefficient (Wildman–Crippen LogP) is 10.1. The van der Waals surface area contributed by atoms with Crippen molar-refractivity contribution in [2.75, 3.05) is 33.3 Å². The van der Waals surface area contributed by atoms with Crippen LogP contribution in [0.3, 0.4) is 0 Å². The Bertz CT molecular complexity index is 2750. The minimum Gasteiger partial charge on any atom is -0.378 e. The molecule has 2 aromatic heterocycles. The van der Waals surface area contributed by atoms with Crippen LogP contribution in [0.1, 0.15) is 140 Å². The smallest absolute Gasteiger partial charge is 0.254 e. The van der Waals surface area contributed by atoms with Crippen LogP contribution in [0.4, 0.5) is 0 Å². The summed E-state index contributed by atoms with van der Waals surface area (Å²) >= 11 is 0. The highest BCUT2D eigenvalue weighted by Crippen LogP contribution is 2.42. The Morgan fingerprint density at radius 2 is 1.26 bits per heavy atom. The summed E-state index contributed by atoms with van der Waals surface area (Å²) in [6.07, 6.45) is 5.50. The fourth-order valence-corrected chi connectivity index (χ4v) is 9.30. The van der Waals surface area contributed by atoms with Crippen LogP contribution in [-0.2, 0) is 11.3 Å². The minimum absolute atomic E-state index is 0. The number of amides is 2. The lowest BCUT2D eigenvalue weighted by molar-refractivity contribution is 0.0601. The van der Waals surface area contributed by atoms with Gasteiger partial charge in [-0.05, 0) is 142 Å². The molecule has 334 valence electrons. The first-order valence-electron chi connectivity index (χ1n) is 22.2. The average Bonchev–Trinajstić information content (AvgIpc) is 3.87. The highest BCUT2D eigenvalue weighted by atomic mass is 16.5. The first kappa shape index (κ1) is 46.1. The van der Waals surface area contributed by atoms with Gasteiger partial charge in [-0.25, -0.2) is 9.97 Å². The van der Waals surface area contributed by atoms with Gasteiger partial charge in [-0.1, -0.05) is 50.2 Å². The molecule has 0 spiro atoms. The molecule has 6 aromatic rings. The van der Waals surface area contributed by atoms with Gasteiger partial charge in [-0.3, -0.25) is 14.7 Å². The molecule has 2 saturated heterocycles. The number of aromatic nitrogens is 5. The van der Waals surface area contributed by atoms with Gasteiger partial charge >= 0.3 is 0 Å². The van der Waals surface area contributed by atoms with E-state index >= 15 is 0 Å². The molecule has 12 heteroatoms. The summed E-state index contributed by atoms with van der Waals surface area (Å²) < 4.78 is 5.31. The molecule has 2 amide bonds. The van der Waals surface area contributed by atoms with E-state index in [9.17, 15) is 9.59 Å². The zero-order valence-corrected chi connectivity index (χ0v) is 37.6. The van der Waals surface area contributed by atoms with Crippen LogP contribution < -0.4 is 0 Å². The van der Waals surface area contributed by atoms with Gasteiger partial charge in [0.25, 0.3) is 11.8 Å². The molecular formula is C53H59N9O3. The van der Waals surface area contributed by atoms with E-state index in [1.165, 1.54) is 36.0 Å². The second-order valence-electron chi connectivity index (χ2n) is 17.6.